The van der Waals surface area contributed by atoms with E-state index in [4.69, 9.17) is 0 Å². The molecular formula is C21H27FN4OS. The van der Waals surface area contributed by atoms with Crippen molar-refractivity contribution in [3.8, 4) is 5.69 Å². The number of hydrogen-bond donors (Lipinski definition) is 1. The first-order chi connectivity index (χ1) is 13.7. The topological polar surface area (TPSA) is 59.8 Å². The van der Waals surface area contributed by atoms with Crippen LogP contribution in [-0.4, -0.2) is 26.4 Å². The van der Waals surface area contributed by atoms with Gasteiger partial charge in [0.25, 0.3) is 0 Å². The number of benzene rings is 1. The van der Waals surface area contributed by atoms with Crippen LogP contribution in [0, 0.1) is 11.7 Å². The van der Waals surface area contributed by atoms with Crippen LogP contribution >= 0.6 is 11.8 Å². The normalized spacial score (nSPS) is 14.8. The van der Waals surface area contributed by atoms with E-state index in [2.05, 4.69) is 22.1 Å². The third-order valence-corrected chi connectivity index (χ3v) is 6.14. The summed E-state index contributed by atoms with van der Waals surface area (Å²) in [5, 5.41) is 12.3. The predicted molar refractivity (Wildman–Crippen MR) is 110 cm³/mol. The molecule has 0 atom stereocenters. The summed E-state index contributed by atoms with van der Waals surface area (Å²) >= 11 is 1.69. The Kier molecular flexibility index (Phi) is 7.65. The molecule has 0 spiro atoms. The zero-order valence-corrected chi connectivity index (χ0v) is 16.9. The minimum absolute atomic E-state index is 0.0510. The van der Waals surface area contributed by atoms with Crippen molar-refractivity contribution in [2.24, 2.45) is 5.92 Å². The van der Waals surface area contributed by atoms with Gasteiger partial charge in [-0.1, -0.05) is 37.1 Å². The number of aromatic nitrogens is 3. The SMILES string of the molecule is C=CCCC(=O)NCc1nnc(SCC2CCCCC2)n1-c1ccc(F)cc1. The molecule has 0 saturated heterocycles. The van der Waals surface area contributed by atoms with E-state index >= 15 is 0 Å². The second-order valence-corrected chi connectivity index (χ2v) is 8.12. The number of nitrogens with zero attached hydrogens (tertiary/aromatic N) is 3. The van der Waals surface area contributed by atoms with Crippen LogP contribution in [0.3, 0.4) is 0 Å². The number of amides is 1. The average Bonchev–Trinajstić information content (AvgIpc) is 3.13. The molecule has 1 aromatic carbocycles. The minimum atomic E-state index is -0.285. The summed E-state index contributed by atoms with van der Waals surface area (Å²) in [7, 11) is 0. The summed E-state index contributed by atoms with van der Waals surface area (Å²) in [4.78, 5) is 11.9. The van der Waals surface area contributed by atoms with Gasteiger partial charge in [0.15, 0.2) is 11.0 Å². The maximum Gasteiger partial charge on any atom is 0.220 e. The zero-order chi connectivity index (χ0) is 19.8. The fourth-order valence-electron chi connectivity index (χ4n) is 3.40. The van der Waals surface area contributed by atoms with Crippen LogP contribution in [0.15, 0.2) is 42.1 Å². The van der Waals surface area contributed by atoms with E-state index in [9.17, 15) is 9.18 Å². The molecule has 1 heterocycles. The van der Waals surface area contributed by atoms with E-state index in [1.165, 1.54) is 44.2 Å². The maximum absolute atomic E-state index is 13.4. The van der Waals surface area contributed by atoms with Crippen molar-refractivity contribution in [3.05, 3.63) is 48.6 Å². The Hall–Kier alpha value is -2.15. The van der Waals surface area contributed by atoms with Crippen LogP contribution in [0.25, 0.3) is 5.69 Å². The monoisotopic (exact) mass is 402 g/mol. The third-order valence-electron chi connectivity index (χ3n) is 4.98. The molecule has 5 nitrogen and oxygen atoms in total. The van der Waals surface area contributed by atoms with Gasteiger partial charge in [-0.2, -0.15) is 0 Å². The summed E-state index contributed by atoms with van der Waals surface area (Å²) in [6, 6.07) is 6.29. The highest BCUT2D eigenvalue weighted by atomic mass is 32.2. The number of thioether (sulfide) groups is 1. The number of carbonyl (C=O) groups is 1. The predicted octanol–water partition coefficient (Wildman–Crippen LogP) is 4.66. The summed E-state index contributed by atoms with van der Waals surface area (Å²) in [6.45, 7) is 3.92. The lowest BCUT2D eigenvalue weighted by Gasteiger charge is -2.20. The van der Waals surface area contributed by atoms with Crippen molar-refractivity contribution >= 4 is 17.7 Å². The molecule has 1 fully saturated rings. The Morgan fingerprint density at radius 1 is 1.25 bits per heavy atom. The molecule has 1 amide bonds. The molecule has 2 aromatic rings. The lowest BCUT2D eigenvalue weighted by atomic mass is 9.91. The van der Waals surface area contributed by atoms with Crippen molar-refractivity contribution < 1.29 is 9.18 Å². The van der Waals surface area contributed by atoms with Crippen LogP contribution < -0.4 is 5.32 Å². The van der Waals surface area contributed by atoms with Crippen molar-refractivity contribution in [1.82, 2.24) is 20.1 Å². The second-order valence-electron chi connectivity index (χ2n) is 7.13. The first-order valence-electron chi connectivity index (χ1n) is 9.88. The first kappa shape index (κ1) is 20.6. The summed E-state index contributed by atoms with van der Waals surface area (Å²) < 4.78 is 15.3. The van der Waals surface area contributed by atoms with E-state index < -0.39 is 0 Å². The van der Waals surface area contributed by atoms with Crippen molar-refractivity contribution in [2.45, 2.75) is 56.6 Å². The molecule has 7 heteroatoms. The van der Waals surface area contributed by atoms with Gasteiger partial charge >= 0.3 is 0 Å². The van der Waals surface area contributed by atoms with Gasteiger partial charge < -0.3 is 5.32 Å². The maximum atomic E-state index is 13.4. The molecule has 0 unspecified atom stereocenters. The van der Waals surface area contributed by atoms with Gasteiger partial charge in [-0.25, -0.2) is 4.39 Å². The Balaban J connectivity index is 1.74. The fraction of sp³-hybridized carbons (Fsp3) is 0.476. The van der Waals surface area contributed by atoms with Crippen LogP contribution in [-0.2, 0) is 11.3 Å². The smallest absolute Gasteiger partial charge is 0.220 e. The lowest BCUT2D eigenvalue weighted by Crippen LogP contribution is -2.24. The zero-order valence-electron chi connectivity index (χ0n) is 16.1. The molecule has 0 radical (unpaired) electrons. The molecule has 28 heavy (non-hydrogen) atoms. The number of carbonyl (C=O) groups excluding carboxylic acids is 1. The molecule has 1 aliphatic carbocycles. The Bertz CT molecular complexity index is 784. The fourth-order valence-corrected chi connectivity index (χ4v) is 4.56. The summed E-state index contributed by atoms with van der Waals surface area (Å²) in [5.74, 6) is 2.02. The lowest BCUT2D eigenvalue weighted by molar-refractivity contribution is -0.121. The number of rotatable bonds is 9. The Morgan fingerprint density at radius 3 is 2.71 bits per heavy atom. The molecule has 0 bridgehead atoms. The van der Waals surface area contributed by atoms with Crippen molar-refractivity contribution in [3.63, 3.8) is 0 Å². The number of hydrogen-bond acceptors (Lipinski definition) is 4. The second kappa shape index (κ2) is 10.4. The van der Waals surface area contributed by atoms with E-state index in [0.717, 1.165) is 16.6 Å². The van der Waals surface area contributed by atoms with E-state index in [1.807, 2.05) is 4.57 Å². The van der Waals surface area contributed by atoms with Gasteiger partial charge in [0.05, 0.1) is 6.54 Å². The highest BCUT2D eigenvalue weighted by Gasteiger charge is 2.19. The number of allylic oxidation sites excluding steroid dienone is 1. The quantitative estimate of drug-likeness (QED) is 0.489. The Morgan fingerprint density at radius 2 is 2.00 bits per heavy atom. The van der Waals surface area contributed by atoms with Crippen LogP contribution in [0.1, 0.15) is 50.8 Å². The highest BCUT2D eigenvalue weighted by molar-refractivity contribution is 7.99. The molecule has 1 aromatic heterocycles. The van der Waals surface area contributed by atoms with Gasteiger partial charge in [0.1, 0.15) is 5.82 Å². The van der Waals surface area contributed by atoms with Gasteiger partial charge in [-0.3, -0.25) is 9.36 Å². The standard InChI is InChI=1S/C21H27FN4OS/c1-2-3-9-20(27)23-14-19-24-25-21(28-15-16-7-5-4-6-8-16)26(19)18-12-10-17(22)11-13-18/h2,10-13,16H,1,3-9,14-15H2,(H,23,27). The molecule has 1 N–H and O–H groups in total. The third kappa shape index (κ3) is 5.67. The van der Waals surface area contributed by atoms with Crippen LogP contribution in [0.4, 0.5) is 4.39 Å². The number of halogens is 1. The molecule has 0 aliphatic heterocycles. The van der Waals surface area contributed by atoms with Gasteiger partial charge in [0.2, 0.25) is 5.91 Å². The summed E-state index contributed by atoms with van der Waals surface area (Å²) in [6.07, 6.45) is 9.24. The average molecular weight is 403 g/mol. The van der Waals surface area contributed by atoms with Crippen LogP contribution in [0.5, 0.6) is 0 Å². The molecule has 1 aliphatic rings. The van der Waals surface area contributed by atoms with Gasteiger partial charge in [0, 0.05) is 17.9 Å². The number of nitrogens with one attached hydrogen (secondary N) is 1. The molecular weight excluding hydrogens is 375 g/mol. The molecule has 1 saturated carbocycles. The van der Waals surface area contributed by atoms with Gasteiger partial charge in [-0.05, 0) is 49.4 Å². The Labute approximate surface area is 169 Å². The first-order valence-corrected chi connectivity index (χ1v) is 10.9. The van der Waals surface area contributed by atoms with E-state index in [0.29, 0.717) is 24.6 Å². The van der Waals surface area contributed by atoms with Crippen molar-refractivity contribution in [2.75, 3.05) is 5.75 Å². The summed E-state index contributed by atoms with van der Waals surface area (Å²) in [5.41, 5.74) is 0.799. The van der Waals surface area contributed by atoms with Gasteiger partial charge in [-0.15, -0.1) is 16.8 Å². The molecule has 150 valence electrons. The van der Waals surface area contributed by atoms with Crippen molar-refractivity contribution in [1.29, 1.82) is 0 Å². The molecule has 3 rings (SSSR count). The largest absolute Gasteiger partial charge is 0.349 e. The van der Waals surface area contributed by atoms with E-state index in [1.54, 1.807) is 30.0 Å². The van der Waals surface area contributed by atoms with E-state index in [-0.39, 0.29) is 18.3 Å². The van der Waals surface area contributed by atoms with Crippen LogP contribution in [0.2, 0.25) is 0 Å². The minimum Gasteiger partial charge on any atom is -0.349 e. The highest BCUT2D eigenvalue weighted by Crippen LogP contribution is 2.30.